The van der Waals surface area contributed by atoms with Crippen LogP contribution >= 0.6 is 23.1 Å². The molecule has 1 aromatic heterocycles. The van der Waals surface area contributed by atoms with Gasteiger partial charge in [0.25, 0.3) is 5.91 Å². The molecule has 0 atom stereocenters. The second kappa shape index (κ2) is 13.8. The zero-order valence-corrected chi connectivity index (χ0v) is 24.8. The molecule has 224 valence electrons. The highest BCUT2D eigenvalue weighted by Crippen LogP contribution is 2.39. The smallest absolute Gasteiger partial charge is 0.446 e. The van der Waals surface area contributed by atoms with Gasteiger partial charge in [-0.25, -0.2) is 4.98 Å². The fourth-order valence-corrected chi connectivity index (χ4v) is 5.80. The molecule has 0 unspecified atom stereocenters. The maximum Gasteiger partial charge on any atom is 0.446 e. The average Bonchev–Trinajstić information content (AvgIpc) is 3.50. The lowest BCUT2D eigenvalue weighted by Crippen LogP contribution is -2.26. The van der Waals surface area contributed by atoms with Crippen LogP contribution in [0.4, 0.5) is 24.0 Å². The minimum absolute atomic E-state index is 0.0215. The fourth-order valence-electron chi connectivity index (χ4n) is 4.41. The lowest BCUT2D eigenvalue weighted by Gasteiger charge is -2.23. The number of nitrogens with zero attached hydrogens (tertiary/aromatic N) is 2. The normalized spacial score (nSPS) is 11.2. The van der Waals surface area contributed by atoms with Gasteiger partial charge in [-0.05, 0) is 64.9 Å². The van der Waals surface area contributed by atoms with Gasteiger partial charge in [0.2, 0.25) is 0 Å². The largest absolute Gasteiger partial charge is 0.481 e. The van der Waals surface area contributed by atoms with Crippen molar-refractivity contribution in [2.75, 3.05) is 11.4 Å². The van der Waals surface area contributed by atoms with E-state index in [0.29, 0.717) is 22.9 Å². The van der Waals surface area contributed by atoms with E-state index < -0.39 is 11.5 Å². The van der Waals surface area contributed by atoms with Crippen LogP contribution in [-0.4, -0.2) is 34.0 Å². The molecule has 0 radical (unpaired) electrons. The number of thiazole rings is 1. The molecule has 6 nitrogen and oxygen atoms in total. The molecule has 0 spiro atoms. The van der Waals surface area contributed by atoms with Crippen LogP contribution in [0.5, 0.6) is 0 Å². The fraction of sp³-hybridized carbons (Fsp3) is 0.121. The SMILES string of the molecule is O=C(O)CCNC(=O)c1ccc(CN(c2ccc(SC(F)(F)F)cc2)c2nc(-c3ccc(-c4ccccc4)cc3)cs2)cc1. The van der Waals surface area contributed by atoms with Crippen molar-refractivity contribution < 1.29 is 27.9 Å². The molecule has 44 heavy (non-hydrogen) atoms. The number of benzene rings is 4. The number of amides is 1. The van der Waals surface area contributed by atoms with Crippen LogP contribution in [0, 0.1) is 0 Å². The standard InChI is InChI=1S/C33H26F3N3O3S2/c34-33(35,36)44-28-16-14-27(15-17-28)39(20-22-6-8-26(9-7-22)31(42)37-19-18-30(40)41)32-38-29(21-43-32)25-12-10-24(11-13-25)23-4-2-1-3-5-23/h1-17,21H,18-20H2,(H,37,42)(H,40,41). The van der Waals surface area contributed by atoms with Gasteiger partial charge in [0, 0.05) is 33.6 Å². The number of hydrogen-bond acceptors (Lipinski definition) is 6. The molecule has 5 rings (SSSR count). The number of halogens is 3. The van der Waals surface area contributed by atoms with Crippen LogP contribution in [0.1, 0.15) is 22.3 Å². The van der Waals surface area contributed by atoms with Crippen molar-refractivity contribution in [1.82, 2.24) is 10.3 Å². The first-order chi connectivity index (χ1) is 21.1. The van der Waals surface area contributed by atoms with Gasteiger partial charge in [-0.3, -0.25) is 9.59 Å². The minimum Gasteiger partial charge on any atom is -0.481 e. The average molecular weight is 634 g/mol. The molecule has 0 aliphatic heterocycles. The predicted molar refractivity (Wildman–Crippen MR) is 168 cm³/mol. The molecule has 5 aromatic rings. The number of alkyl halides is 3. The number of nitrogens with one attached hydrogen (secondary N) is 1. The Bertz CT molecular complexity index is 1710. The van der Waals surface area contributed by atoms with Crippen molar-refractivity contribution in [3.8, 4) is 22.4 Å². The summed E-state index contributed by atoms with van der Waals surface area (Å²) in [4.78, 5) is 30.0. The first kappa shape index (κ1) is 30.8. The Hall–Kier alpha value is -4.61. The van der Waals surface area contributed by atoms with Gasteiger partial charge in [0.05, 0.1) is 18.7 Å². The highest BCUT2D eigenvalue weighted by atomic mass is 32.2. The van der Waals surface area contributed by atoms with Crippen molar-refractivity contribution in [2.24, 2.45) is 0 Å². The van der Waals surface area contributed by atoms with Crippen molar-refractivity contribution in [3.63, 3.8) is 0 Å². The molecule has 1 heterocycles. The lowest BCUT2D eigenvalue weighted by molar-refractivity contribution is -0.136. The molecule has 11 heteroatoms. The predicted octanol–water partition coefficient (Wildman–Crippen LogP) is 8.63. The summed E-state index contributed by atoms with van der Waals surface area (Å²) in [5.41, 5.74) is 1.40. The Labute approximate surface area is 260 Å². The highest BCUT2D eigenvalue weighted by molar-refractivity contribution is 8.00. The summed E-state index contributed by atoms with van der Waals surface area (Å²) < 4.78 is 38.8. The second-order valence-corrected chi connectivity index (χ2v) is 11.7. The zero-order chi connectivity index (χ0) is 31.1. The summed E-state index contributed by atoms with van der Waals surface area (Å²) in [6.45, 7) is 0.361. The zero-order valence-electron chi connectivity index (χ0n) is 23.1. The van der Waals surface area contributed by atoms with Gasteiger partial charge in [-0.1, -0.05) is 66.7 Å². The number of anilines is 2. The van der Waals surface area contributed by atoms with E-state index in [1.807, 2.05) is 64.9 Å². The molecular weight excluding hydrogens is 608 g/mol. The number of carboxylic acids is 1. The molecule has 0 aliphatic rings. The van der Waals surface area contributed by atoms with E-state index in [-0.39, 0.29) is 35.5 Å². The Morgan fingerprint density at radius 3 is 2.11 bits per heavy atom. The third kappa shape index (κ3) is 8.27. The lowest BCUT2D eigenvalue weighted by atomic mass is 10.0. The molecule has 0 fully saturated rings. The molecule has 0 saturated carbocycles. The van der Waals surface area contributed by atoms with E-state index in [9.17, 15) is 22.8 Å². The van der Waals surface area contributed by atoms with Gasteiger partial charge in [0.1, 0.15) is 0 Å². The maximum atomic E-state index is 12.9. The number of aliphatic carboxylic acids is 1. The second-order valence-electron chi connectivity index (χ2n) is 9.68. The number of thioether (sulfide) groups is 1. The first-order valence-corrected chi connectivity index (χ1v) is 15.2. The third-order valence-corrected chi connectivity index (χ3v) is 8.18. The van der Waals surface area contributed by atoms with Crippen LogP contribution in [0.3, 0.4) is 0 Å². The van der Waals surface area contributed by atoms with E-state index in [1.165, 1.54) is 23.5 Å². The molecule has 1 amide bonds. The van der Waals surface area contributed by atoms with Crippen LogP contribution < -0.4 is 10.2 Å². The summed E-state index contributed by atoms with van der Waals surface area (Å²) >= 11 is 1.25. The molecule has 0 bridgehead atoms. The van der Waals surface area contributed by atoms with E-state index in [1.54, 1.807) is 36.4 Å². The third-order valence-electron chi connectivity index (χ3n) is 6.57. The summed E-state index contributed by atoms with van der Waals surface area (Å²) in [5.74, 6) is -1.38. The summed E-state index contributed by atoms with van der Waals surface area (Å²) in [6.07, 6.45) is -0.175. The van der Waals surface area contributed by atoms with Crippen molar-refractivity contribution in [2.45, 2.75) is 23.4 Å². The van der Waals surface area contributed by atoms with Crippen LogP contribution in [0.2, 0.25) is 0 Å². The summed E-state index contributed by atoms with van der Waals surface area (Å²) in [6, 6.07) is 31.1. The highest BCUT2D eigenvalue weighted by Gasteiger charge is 2.29. The van der Waals surface area contributed by atoms with Gasteiger partial charge >= 0.3 is 11.5 Å². The van der Waals surface area contributed by atoms with E-state index >= 15 is 0 Å². The Kier molecular flexibility index (Phi) is 9.66. The van der Waals surface area contributed by atoms with E-state index in [4.69, 9.17) is 10.1 Å². The number of carbonyl (C=O) groups is 2. The van der Waals surface area contributed by atoms with Crippen molar-refractivity contribution in [1.29, 1.82) is 0 Å². The number of aromatic nitrogens is 1. The van der Waals surface area contributed by atoms with E-state index in [0.717, 1.165) is 27.9 Å². The van der Waals surface area contributed by atoms with Crippen LogP contribution in [0.25, 0.3) is 22.4 Å². The molecule has 0 saturated heterocycles. The van der Waals surface area contributed by atoms with Crippen molar-refractivity contribution >= 4 is 45.8 Å². The first-order valence-electron chi connectivity index (χ1n) is 13.5. The van der Waals surface area contributed by atoms with Crippen molar-refractivity contribution in [3.05, 3.63) is 120 Å². The molecule has 2 N–H and O–H groups in total. The van der Waals surface area contributed by atoms with Crippen LogP contribution in [0.15, 0.2) is 113 Å². The van der Waals surface area contributed by atoms with Gasteiger partial charge in [-0.15, -0.1) is 11.3 Å². The van der Waals surface area contributed by atoms with E-state index in [2.05, 4.69) is 5.32 Å². The number of carbonyl (C=O) groups excluding carboxylic acids is 1. The number of rotatable bonds is 11. The topological polar surface area (TPSA) is 82.5 Å². The van der Waals surface area contributed by atoms with Gasteiger partial charge in [-0.2, -0.15) is 13.2 Å². The molecule has 0 aliphatic carbocycles. The quantitative estimate of drug-likeness (QED) is 0.142. The Morgan fingerprint density at radius 1 is 0.841 bits per heavy atom. The van der Waals surface area contributed by atoms with Gasteiger partial charge in [0.15, 0.2) is 5.13 Å². The monoisotopic (exact) mass is 633 g/mol. The summed E-state index contributed by atoms with van der Waals surface area (Å²) in [5, 5.41) is 13.9. The summed E-state index contributed by atoms with van der Waals surface area (Å²) in [7, 11) is 0. The minimum atomic E-state index is -4.39. The Balaban J connectivity index is 1.38. The molecule has 4 aromatic carbocycles. The number of carboxylic acid groups (broad SMARTS) is 1. The van der Waals surface area contributed by atoms with Gasteiger partial charge < -0.3 is 15.3 Å². The van der Waals surface area contributed by atoms with Crippen LogP contribution in [-0.2, 0) is 11.3 Å². The molecular formula is C33H26F3N3O3S2. The maximum absolute atomic E-state index is 12.9. The number of hydrogen-bond donors (Lipinski definition) is 2. The Morgan fingerprint density at radius 2 is 1.48 bits per heavy atom.